The topological polar surface area (TPSA) is 47.2 Å². The molecule has 0 amide bonds. The summed E-state index contributed by atoms with van der Waals surface area (Å²) in [6.45, 7) is 0. The fraction of sp³-hybridized carbons (Fsp3) is 0. The minimum atomic E-state index is -0.271. The van der Waals surface area contributed by atoms with Crippen LogP contribution in [0.2, 0.25) is 0 Å². The number of nitrogens with zero attached hydrogens (tertiary/aromatic N) is 1. The molecule has 0 radical (unpaired) electrons. The zero-order valence-electron chi connectivity index (χ0n) is 4.82. The Morgan fingerprint density at radius 3 is 2.44 bits per heavy atom. The average Bonchev–Trinajstić information content (AvgIpc) is 1.77. The van der Waals surface area contributed by atoms with E-state index in [0.717, 1.165) is 0 Å². The summed E-state index contributed by atoms with van der Waals surface area (Å²) < 4.78 is 0.389. The van der Waals surface area contributed by atoms with E-state index in [4.69, 9.17) is 5.11 Å². The first-order valence-electron chi connectivity index (χ1n) is 2.18. The van der Waals surface area contributed by atoms with Gasteiger partial charge in [-0.15, -0.1) is 4.73 Å². The van der Waals surface area contributed by atoms with Crippen LogP contribution in [-0.2, 0) is 19.5 Å². The third-order valence-corrected chi connectivity index (χ3v) is 0.804. The number of hydrogen-bond donors (Lipinski definition) is 1. The summed E-state index contributed by atoms with van der Waals surface area (Å²) in [6, 6.07) is 4.46. The molecule has 1 N–H and O–H groups in total. The summed E-state index contributed by atoms with van der Waals surface area (Å²) in [7, 11) is 0. The summed E-state index contributed by atoms with van der Waals surface area (Å²) in [5.41, 5.74) is 0. The number of rotatable bonds is 0. The van der Waals surface area contributed by atoms with Crippen LogP contribution in [0.3, 0.4) is 0 Å². The van der Waals surface area contributed by atoms with E-state index in [2.05, 4.69) is 0 Å². The van der Waals surface area contributed by atoms with Gasteiger partial charge in [0.05, 0.1) is 6.07 Å². The van der Waals surface area contributed by atoms with E-state index < -0.39 is 0 Å². The van der Waals surface area contributed by atoms with E-state index in [9.17, 15) is 5.21 Å². The second kappa shape index (κ2) is 3.41. The molecule has 0 fully saturated rings. The van der Waals surface area contributed by atoms with Gasteiger partial charge in [-0.25, -0.2) is 0 Å². The first-order valence-corrected chi connectivity index (χ1v) is 2.18. The molecule has 4 heteroatoms. The summed E-state index contributed by atoms with van der Waals surface area (Å²) in [4.78, 5) is 0. The van der Waals surface area contributed by atoms with Crippen molar-refractivity contribution >= 4 is 0 Å². The summed E-state index contributed by atoms with van der Waals surface area (Å²) in [6.07, 6.45) is 1.23. The van der Waals surface area contributed by atoms with Crippen LogP contribution in [-0.4, -0.2) is 5.11 Å². The molecule has 0 aromatic carbocycles. The van der Waals surface area contributed by atoms with Gasteiger partial charge < -0.3 is 10.3 Å². The van der Waals surface area contributed by atoms with E-state index in [1.54, 1.807) is 12.1 Å². The van der Waals surface area contributed by atoms with E-state index in [-0.39, 0.29) is 25.4 Å². The van der Waals surface area contributed by atoms with Crippen LogP contribution in [0.15, 0.2) is 24.4 Å². The molecule has 0 aliphatic rings. The van der Waals surface area contributed by atoms with Gasteiger partial charge in [0, 0.05) is 25.5 Å². The van der Waals surface area contributed by atoms with Gasteiger partial charge >= 0.3 is 5.88 Å². The third kappa shape index (κ3) is 1.98. The smallest absolute Gasteiger partial charge is 0.376 e. The molecular weight excluding hydrogens is 171 g/mol. The Kier molecular flexibility index (Phi) is 3.17. The molecular formula is C5H5NO2Zn. The third-order valence-electron chi connectivity index (χ3n) is 0.804. The second-order valence-corrected chi connectivity index (χ2v) is 1.38. The molecule has 1 aromatic heterocycles. The average molecular weight is 176 g/mol. The van der Waals surface area contributed by atoms with Crippen LogP contribution in [0.1, 0.15) is 0 Å². The maximum atomic E-state index is 10.3. The van der Waals surface area contributed by atoms with Crippen molar-refractivity contribution in [2.45, 2.75) is 0 Å². The van der Waals surface area contributed by atoms with E-state index in [0.29, 0.717) is 4.73 Å². The van der Waals surface area contributed by atoms with Gasteiger partial charge in [0.15, 0.2) is 6.20 Å². The predicted molar refractivity (Wildman–Crippen MR) is 27.1 cm³/mol. The van der Waals surface area contributed by atoms with Gasteiger partial charge in [0.2, 0.25) is 0 Å². The van der Waals surface area contributed by atoms with E-state index >= 15 is 0 Å². The van der Waals surface area contributed by atoms with Crippen molar-refractivity contribution in [1.82, 2.24) is 0 Å². The maximum absolute atomic E-state index is 10.3. The van der Waals surface area contributed by atoms with Crippen molar-refractivity contribution < 1.29 is 29.3 Å². The molecule has 0 aliphatic heterocycles. The molecule has 0 spiro atoms. The summed E-state index contributed by atoms with van der Waals surface area (Å²) in [5.74, 6) is -0.271. The van der Waals surface area contributed by atoms with Crippen LogP contribution in [0.4, 0.5) is 0 Å². The molecule has 0 bridgehead atoms. The van der Waals surface area contributed by atoms with Crippen molar-refractivity contribution in [2.75, 3.05) is 0 Å². The van der Waals surface area contributed by atoms with Crippen molar-refractivity contribution in [3.05, 3.63) is 29.6 Å². The molecule has 1 rings (SSSR count). The number of aromatic hydroxyl groups is 1. The van der Waals surface area contributed by atoms with Crippen molar-refractivity contribution in [3.8, 4) is 5.88 Å². The zero-order chi connectivity index (χ0) is 5.98. The summed E-state index contributed by atoms with van der Waals surface area (Å²) >= 11 is 0. The van der Waals surface area contributed by atoms with E-state index in [1.165, 1.54) is 12.3 Å². The van der Waals surface area contributed by atoms with Crippen molar-refractivity contribution in [3.63, 3.8) is 0 Å². The van der Waals surface area contributed by atoms with Gasteiger partial charge in [0.1, 0.15) is 0 Å². The largest absolute Gasteiger partial charge is 0.616 e. The van der Waals surface area contributed by atoms with Crippen molar-refractivity contribution in [2.24, 2.45) is 0 Å². The molecule has 3 nitrogen and oxygen atoms in total. The van der Waals surface area contributed by atoms with E-state index in [1.807, 2.05) is 0 Å². The number of aromatic nitrogens is 1. The minimum Gasteiger partial charge on any atom is -0.616 e. The Balaban J connectivity index is 0.000000640. The van der Waals surface area contributed by atoms with Gasteiger partial charge in [-0.3, -0.25) is 0 Å². The fourth-order valence-electron chi connectivity index (χ4n) is 0.419. The first-order chi connectivity index (χ1) is 3.80. The quantitative estimate of drug-likeness (QED) is 0.344. The Morgan fingerprint density at radius 2 is 2.11 bits per heavy atom. The van der Waals surface area contributed by atoms with Gasteiger partial charge in [-0.1, -0.05) is 0 Å². The molecule has 0 saturated carbocycles. The maximum Gasteiger partial charge on any atom is 0.376 e. The SMILES string of the molecule is [O-][n+]1ccccc1O.[Zn]. The van der Waals surface area contributed by atoms with Gasteiger partial charge in [0.25, 0.3) is 0 Å². The predicted octanol–water partition coefficient (Wildman–Crippen LogP) is 0.0231. The Hall–Kier alpha value is -0.627. The Bertz CT molecular complexity index is 171. The van der Waals surface area contributed by atoms with Crippen LogP contribution in [0.5, 0.6) is 5.88 Å². The monoisotopic (exact) mass is 175 g/mol. The molecule has 0 saturated heterocycles. The van der Waals surface area contributed by atoms with Gasteiger partial charge in [-0.05, 0) is 6.07 Å². The van der Waals surface area contributed by atoms with Gasteiger partial charge in [-0.2, -0.15) is 0 Å². The molecule has 44 valence electrons. The normalized spacial score (nSPS) is 8.00. The van der Waals surface area contributed by atoms with Crippen LogP contribution in [0.25, 0.3) is 0 Å². The molecule has 0 unspecified atom stereocenters. The number of pyridine rings is 1. The molecule has 0 atom stereocenters. The van der Waals surface area contributed by atoms with Crippen molar-refractivity contribution in [1.29, 1.82) is 0 Å². The molecule has 1 heterocycles. The first kappa shape index (κ1) is 8.37. The fourth-order valence-corrected chi connectivity index (χ4v) is 0.419. The van der Waals surface area contributed by atoms with Crippen LogP contribution < -0.4 is 4.73 Å². The summed E-state index contributed by atoms with van der Waals surface area (Å²) in [5, 5.41) is 18.9. The van der Waals surface area contributed by atoms with Crippen LogP contribution in [0, 0.1) is 5.21 Å². The minimum absolute atomic E-state index is 0. The van der Waals surface area contributed by atoms with Crippen LogP contribution >= 0.6 is 0 Å². The molecule has 0 aliphatic carbocycles. The Labute approximate surface area is 65.3 Å². The zero-order valence-corrected chi connectivity index (χ0v) is 7.79. The number of hydrogen-bond acceptors (Lipinski definition) is 2. The molecule has 9 heavy (non-hydrogen) atoms. The second-order valence-electron chi connectivity index (χ2n) is 1.38. The Morgan fingerprint density at radius 1 is 1.44 bits per heavy atom. The standard InChI is InChI=1S/C5H5NO2.Zn/c7-5-3-1-2-4-6(5)8;/h1-4,7H;. The molecule has 1 aromatic rings.